The number of aromatic nitrogens is 2. The number of hydrogen-bond acceptors (Lipinski definition) is 2. The third kappa shape index (κ3) is 6.08. The Labute approximate surface area is 173 Å². The van der Waals surface area contributed by atoms with E-state index >= 15 is 0 Å². The number of alkyl halides is 1. The standard InChI is InChI=1S/C26H29FN2/c1-3-7-21-10-13-23(14-11-21)26-16-22(9-6-4-5-8-20(2)27)12-15-25(26)24-17-28-19-29-18-24/h3,10-20H,1,4-9H2,2H3. The van der Waals surface area contributed by atoms with E-state index in [4.69, 9.17) is 0 Å². The van der Waals surface area contributed by atoms with Crippen LogP contribution in [-0.4, -0.2) is 16.1 Å². The Bertz CT molecular complexity index is 902. The van der Waals surface area contributed by atoms with E-state index in [1.54, 1.807) is 13.3 Å². The van der Waals surface area contributed by atoms with E-state index in [1.807, 2.05) is 18.5 Å². The van der Waals surface area contributed by atoms with Gasteiger partial charge in [-0.05, 0) is 60.4 Å². The molecular formula is C26H29FN2. The van der Waals surface area contributed by atoms with Crippen LogP contribution in [0.5, 0.6) is 0 Å². The summed E-state index contributed by atoms with van der Waals surface area (Å²) in [6.45, 7) is 5.46. The van der Waals surface area contributed by atoms with Crippen LogP contribution in [0.3, 0.4) is 0 Å². The summed E-state index contributed by atoms with van der Waals surface area (Å²) in [5.41, 5.74) is 7.10. The maximum Gasteiger partial charge on any atom is 0.115 e. The van der Waals surface area contributed by atoms with Crippen LogP contribution in [0.15, 0.2) is 73.8 Å². The summed E-state index contributed by atoms with van der Waals surface area (Å²) in [7, 11) is 0. The SMILES string of the molecule is C=CCc1ccc(-c2cc(CCCCCC(C)F)ccc2-c2cncnc2)cc1. The van der Waals surface area contributed by atoms with Crippen molar-refractivity contribution in [1.82, 2.24) is 9.97 Å². The molecule has 150 valence electrons. The van der Waals surface area contributed by atoms with Crippen molar-refractivity contribution in [2.24, 2.45) is 0 Å². The summed E-state index contributed by atoms with van der Waals surface area (Å²) in [6.07, 6.45) is 12.1. The first kappa shape index (κ1) is 20.9. The van der Waals surface area contributed by atoms with E-state index in [-0.39, 0.29) is 0 Å². The lowest BCUT2D eigenvalue weighted by atomic mass is 9.92. The number of hydrogen-bond donors (Lipinski definition) is 0. The minimum absolute atomic E-state index is 0.662. The number of nitrogens with zero attached hydrogens (tertiary/aromatic N) is 2. The predicted octanol–water partition coefficient (Wildman–Crippen LogP) is 7.00. The lowest BCUT2D eigenvalue weighted by molar-refractivity contribution is 0.330. The van der Waals surface area contributed by atoms with Crippen molar-refractivity contribution in [2.75, 3.05) is 0 Å². The predicted molar refractivity (Wildman–Crippen MR) is 120 cm³/mol. The Hall–Kier alpha value is -2.81. The van der Waals surface area contributed by atoms with Gasteiger partial charge in [-0.2, -0.15) is 0 Å². The number of benzene rings is 2. The average molecular weight is 389 g/mol. The fourth-order valence-corrected chi connectivity index (χ4v) is 3.59. The third-order valence-electron chi connectivity index (χ3n) is 5.17. The van der Waals surface area contributed by atoms with Crippen LogP contribution in [0.2, 0.25) is 0 Å². The highest BCUT2D eigenvalue weighted by Crippen LogP contribution is 2.33. The van der Waals surface area contributed by atoms with E-state index in [9.17, 15) is 4.39 Å². The maximum atomic E-state index is 13.0. The Kier molecular flexibility index (Phi) is 7.69. The van der Waals surface area contributed by atoms with Crippen LogP contribution in [0.1, 0.15) is 43.7 Å². The molecule has 0 radical (unpaired) electrons. The molecule has 0 saturated heterocycles. The van der Waals surface area contributed by atoms with E-state index in [2.05, 4.69) is 59.0 Å². The summed E-state index contributed by atoms with van der Waals surface area (Å²) in [5.74, 6) is 0. The molecule has 0 saturated carbocycles. The molecule has 3 heteroatoms. The van der Waals surface area contributed by atoms with Crippen molar-refractivity contribution in [3.05, 3.63) is 85.0 Å². The largest absolute Gasteiger partial charge is 0.248 e. The van der Waals surface area contributed by atoms with Gasteiger partial charge in [-0.1, -0.05) is 61.4 Å². The van der Waals surface area contributed by atoms with Crippen molar-refractivity contribution < 1.29 is 4.39 Å². The lowest BCUT2D eigenvalue weighted by Crippen LogP contribution is -1.94. The van der Waals surface area contributed by atoms with Crippen LogP contribution >= 0.6 is 0 Å². The number of halogens is 1. The number of aryl methyl sites for hydroxylation is 1. The van der Waals surface area contributed by atoms with Crippen molar-refractivity contribution >= 4 is 0 Å². The number of allylic oxidation sites excluding steroid dienone is 1. The molecule has 1 atom stereocenters. The fourth-order valence-electron chi connectivity index (χ4n) is 3.59. The Morgan fingerprint density at radius 1 is 0.897 bits per heavy atom. The molecule has 0 spiro atoms. The van der Waals surface area contributed by atoms with E-state index < -0.39 is 6.17 Å². The van der Waals surface area contributed by atoms with Crippen molar-refractivity contribution in [1.29, 1.82) is 0 Å². The Morgan fingerprint density at radius 3 is 2.31 bits per heavy atom. The molecule has 2 nitrogen and oxygen atoms in total. The van der Waals surface area contributed by atoms with Crippen molar-refractivity contribution in [3.8, 4) is 22.3 Å². The minimum Gasteiger partial charge on any atom is -0.248 e. The van der Waals surface area contributed by atoms with Gasteiger partial charge in [0.05, 0.1) is 6.17 Å². The van der Waals surface area contributed by atoms with Gasteiger partial charge in [0.15, 0.2) is 0 Å². The Morgan fingerprint density at radius 2 is 1.62 bits per heavy atom. The lowest BCUT2D eigenvalue weighted by Gasteiger charge is -2.13. The second kappa shape index (κ2) is 10.7. The smallest absolute Gasteiger partial charge is 0.115 e. The van der Waals surface area contributed by atoms with E-state index in [0.717, 1.165) is 43.2 Å². The Balaban J connectivity index is 1.84. The molecule has 0 aliphatic rings. The summed E-state index contributed by atoms with van der Waals surface area (Å²) >= 11 is 0. The maximum absolute atomic E-state index is 13.0. The first-order chi connectivity index (χ1) is 14.2. The molecule has 0 fully saturated rings. The van der Waals surface area contributed by atoms with Crippen molar-refractivity contribution in [2.45, 2.75) is 51.6 Å². The monoisotopic (exact) mass is 388 g/mol. The van der Waals surface area contributed by atoms with Gasteiger partial charge in [0.25, 0.3) is 0 Å². The van der Waals surface area contributed by atoms with Crippen LogP contribution in [-0.2, 0) is 12.8 Å². The number of rotatable bonds is 10. The first-order valence-electron chi connectivity index (χ1n) is 10.4. The summed E-state index contributed by atoms with van der Waals surface area (Å²) in [6, 6.07) is 15.3. The van der Waals surface area contributed by atoms with Gasteiger partial charge >= 0.3 is 0 Å². The van der Waals surface area contributed by atoms with Crippen LogP contribution in [0.25, 0.3) is 22.3 Å². The summed E-state index contributed by atoms with van der Waals surface area (Å²) < 4.78 is 13.0. The molecular weight excluding hydrogens is 359 g/mol. The van der Waals surface area contributed by atoms with Crippen LogP contribution < -0.4 is 0 Å². The quantitative estimate of drug-likeness (QED) is 0.276. The fraction of sp³-hybridized carbons (Fsp3) is 0.308. The molecule has 0 aliphatic carbocycles. The molecule has 0 aliphatic heterocycles. The number of unbranched alkanes of at least 4 members (excludes halogenated alkanes) is 2. The van der Waals surface area contributed by atoms with Gasteiger partial charge in [-0.15, -0.1) is 6.58 Å². The van der Waals surface area contributed by atoms with Gasteiger partial charge < -0.3 is 0 Å². The van der Waals surface area contributed by atoms with Gasteiger partial charge in [0.1, 0.15) is 6.33 Å². The van der Waals surface area contributed by atoms with Gasteiger partial charge in [0.2, 0.25) is 0 Å². The minimum atomic E-state index is -0.696. The molecule has 1 heterocycles. The van der Waals surface area contributed by atoms with Crippen LogP contribution in [0.4, 0.5) is 4.39 Å². The molecule has 1 aromatic heterocycles. The summed E-state index contributed by atoms with van der Waals surface area (Å²) in [4.78, 5) is 8.38. The average Bonchev–Trinajstić information content (AvgIpc) is 2.75. The molecule has 0 amide bonds. The highest BCUT2D eigenvalue weighted by molar-refractivity contribution is 5.83. The normalized spacial score (nSPS) is 11.9. The zero-order chi connectivity index (χ0) is 20.5. The van der Waals surface area contributed by atoms with Gasteiger partial charge in [-0.25, -0.2) is 14.4 Å². The molecule has 3 aromatic rings. The van der Waals surface area contributed by atoms with E-state index in [0.29, 0.717) is 6.42 Å². The topological polar surface area (TPSA) is 25.8 Å². The van der Waals surface area contributed by atoms with Crippen molar-refractivity contribution in [3.63, 3.8) is 0 Å². The molecule has 3 rings (SSSR count). The molecule has 0 bridgehead atoms. The van der Waals surface area contributed by atoms with Crippen LogP contribution in [0, 0.1) is 0 Å². The van der Waals surface area contributed by atoms with Gasteiger partial charge in [-0.3, -0.25) is 0 Å². The zero-order valence-corrected chi connectivity index (χ0v) is 17.2. The second-order valence-corrected chi connectivity index (χ2v) is 7.58. The highest BCUT2D eigenvalue weighted by atomic mass is 19.1. The first-order valence-corrected chi connectivity index (χ1v) is 10.4. The van der Waals surface area contributed by atoms with Gasteiger partial charge in [0, 0.05) is 18.0 Å². The molecule has 29 heavy (non-hydrogen) atoms. The third-order valence-corrected chi connectivity index (χ3v) is 5.17. The highest BCUT2D eigenvalue weighted by Gasteiger charge is 2.10. The summed E-state index contributed by atoms with van der Waals surface area (Å²) in [5, 5.41) is 0. The van der Waals surface area contributed by atoms with E-state index in [1.165, 1.54) is 22.3 Å². The molecule has 0 N–H and O–H groups in total. The molecule has 1 unspecified atom stereocenters. The molecule has 2 aromatic carbocycles. The zero-order valence-electron chi connectivity index (χ0n) is 17.2. The second-order valence-electron chi connectivity index (χ2n) is 7.58.